The van der Waals surface area contributed by atoms with Gasteiger partial charge in [-0.2, -0.15) is 0 Å². The van der Waals surface area contributed by atoms with Crippen LogP contribution in [0.4, 0.5) is 5.69 Å². The van der Waals surface area contributed by atoms with E-state index >= 15 is 0 Å². The number of tetrazole rings is 1. The number of hydrogen-bond donors (Lipinski definition) is 1. The second kappa shape index (κ2) is 6.12. The van der Waals surface area contributed by atoms with Crippen molar-refractivity contribution < 1.29 is 0 Å². The fourth-order valence-corrected chi connectivity index (χ4v) is 3.03. The topological polar surface area (TPSA) is 79.9 Å². The summed E-state index contributed by atoms with van der Waals surface area (Å²) in [6.45, 7) is 9.59. The van der Waals surface area contributed by atoms with Crippen LogP contribution in [0, 0.1) is 6.57 Å². The van der Waals surface area contributed by atoms with Crippen LogP contribution in [-0.2, 0) is 19.5 Å². The fourth-order valence-electron chi connectivity index (χ4n) is 3.03. The molecule has 0 spiro atoms. The first-order chi connectivity index (χ1) is 11.8. The van der Waals surface area contributed by atoms with Gasteiger partial charge in [0, 0.05) is 24.0 Å². The Labute approximate surface area is 139 Å². The monoisotopic (exact) mass is 320 g/mol. The predicted octanol–water partition coefficient (Wildman–Crippen LogP) is 1.55. The van der Waals surface area contributed by atoms with Crippen molar-refractivity contribution in [2.45, 2.75) is 19.5 Å². The zero-order chi connectivity index (χ0) is 16.4. The van der Waals surface area contributed by atoms with Crippen molar-refractivity contribution in [1.29, 1.82) is 0 Å². The third-order valence-corrected chi connectivity index (χ3v) is 4.21. The molecule has 0 amide bonds. The van der Waals surface area contributed by atoms with Gasteiger partial charge in [0.15, 0.2) is 5.82 Å². The summed E-state index contributed by atoms with van der Waals surface area (Å²) < 4.78 is 1.69. The van der Waals surface area contributed by atoms with Crippen LogP contribution in [0.5, 0.6) is 0 Å². The zero-order valence-electron chi connectivity index (χ0n) is 13.1. The molecule has 4 rings (SSSR count). The number of H-pyrrole nitrogens is 1. The molecule has 0 fully saturated rings. The number of fused-ring (bicyclic) bond motifs is 1. The van der Waals surface area contributed by atoms with E-state index in [1.54, 1.807) is 11.0 Å². The minimum Gasteiger partial charge on any atom is -0.365 e. The summed E-state index contributed by atoms with van der Waals surface area (Å²) in [6.07, 6.45) is 4.59. The Morgan fingerprint density at radius 2 is 2.29 bits per heavy atom. The Bertz CT molecular complexity index is 874. The van der Waals surface area contributed by atoms with Crippen LogP contribution in [0.3, 0.4) is 0 Å². The van der Waals surface area contributed by atoms with Crippen molar-refractivity contribution >= 4 is 5.69 Å². The highest BCUT2D eigenvalue weighted by molar-refractivity contribution is 5.68. The molecule has 0 unspecified atom stereocenters. The van der Waals surface area contributed by atoms with Gasteiger partial charge in [0.25, 0.3) is 0 Å². The summed E-state index contributed by atoms with van der Waals surface area (Å²) in [5.74, 6) is 0.704. The van der Waals surface area contributed by atoms with Gasteiger partial charge in [-0.05, 0) is 28.5 Å². The van der Waals surface area contributed by atoms with E-state index < -0.39 is 0 Å². The largest absolute Gasteiger partial charge is 0.365 e. The molecule has 1 aliphatic heterocycles. The lowest BCUT2D eigenvalue weighted by Gasteiger charge is -2.19. The average molecular weight is 320 g/mol. The smallest absolute Gasteiger partial charge is 0.234 e. The Kier molecular flexibility index (Phi) is 3.67. The molecule has 8 nitrogen and oxygen atoms in total. The van der Waals surface area contributed by atoms with Gasteiger partial charge in [-0.1, -0.05) is 12.1 Å². The van der Waals surface area contributed by atoms with Gasteiger partial charge in [0.2, 0.25) is 6.54 Å². The van der Waals surface area contributed by atoms with E-state index in [2.05, 4.69) is 53.4 Å². The number of aromatic nitrogens is 6. The van der Waals surface area contributed by atoms with Crippen LogP contribution in [-0.4, -0.2) is 43.3 Å². The maximum Gasteiger partial charge on any atom is 0.234 e. The van der Waals surface area contributed by atoms with Gasteiger partial charge >= 0.3 is 0 Å². The van der Waals surface area contributed by atoms with Gasteiger partial charge < -0.3 is 14.7 Å². The third kappa shape index (κ3) is 2.60. The molecule has 0 aliphatic carbocycles. The standard InChI is InChI=1S/C16H16N8/c1-17-5-7-24-16(20-21-22-24)13-3-2-12-4-6-23(15(12)8-13)10-14-9-18-11-19-14/h2-3,8-9,11H,4-7,10H2,(H,18,19). The normalized spacial score (nSPS) is 13.0. The molecular weight excluding hydrogens is 304 g/mol. The SMILES string of the molecule is [C-]#[N+]CCn1nnnc1-c1ccc2c(c1)N(Cc1cnc[nH]1)CC2. The lowest BCUT2D eigenvalue weighted by molar-refractivity contribution is 0.622. The first-order valence-electron chi connectivity index (χ1n) is 7.80. The van der Waals surface area contributed by atoms with Gasteiger partial charge in [-0.3, -0.25) is 0 Å². The summed E-state index contributed by atoms with van der Waals surface area (Å²) in [5.41, 5.74) is 4.61. The van der Waals surface area contributed by atoms with Gasteiger partial charge in [-0.25, -0.2) is 16.2 Å². The minimum atomic E-state index is 0.370. The van der Waals surface area contributed by atoms with E-state index in [-0.39, 0.29) is 0 Å². The molecule has 0 radical (unpaired) electrons. The number of anilines is 1. The van der Waals surface area contributed by atoms with Crippen LogP contribution < -0.4 is 4.90 Å². The first kappa shape index (κ1) is 14.4. The number of aromatic amines is 1. The highest BCUT2D eigenvalue weighted by atomic mass is 15.5. The van der Waals surface area contributed by atoms with Gasteiger partial charge in [-0.15, -0.1) is 5.10 Å². The van der Waals surface area contributed by atoms with Crippen LogP contribution >= 0.6 is 0 Å². The van der Waals surface area contributed by atoms with Crippen LogP contribution in [0.2, 0.25) is 0 Å². The number of rotatable bonds is 5. The van der Waals surface area contributed by atoms with Crippen LogP contribution in [0.15, 0.2) is 30.7 Å². The van der Waals surface area contributed by atoms with Crippen LogP contribution in [0.25, 0.3) is 16.2 Å². The molecule has 0 saturated heterocycles. The lowest BCUT2D eigenvalue weighted by Crippen LogP contribution is -2.19. The average Bonchev–Trinajstić information content (AvgIpc) is 3.34. The summed E-state index contributed by atoms with van der Waals surface area (Å²) >= 11 is 0. The van der Waals surface area contributed by atoms with E-state index in [0.717, 1.165) is 30.8 Å². The van der Waals surface area contributed by atoms with E-state index in [1.807, 2.05) is 6.20 Å². The quantitative estimate of drug-likeness (QED) is 0.721. The van der Waals surface area contributed by atoms with Crippen molar-refractivity contribution in [2.75, 3.05) is 18.0 Å². The summed E-state index contributed by atoms with van der Waals surface area (Å²) in [7, 11) is 0. The van der Waals surface area contributed by atoms with Crippen LogP contribution in [0.1, 0.15) is 11.3 Å². The summed E-state index contributed by atoms with van der Waals surface area (Å²) in [6, 6.07) is 6.34. The van der Waals surface area contributed by atoms with Crippen molar-refractivity contribution in [3.8, 4) is 11.4 Å². The molecule has 1 aliphatic rings. The molecule has 8 heteroatoms. The molecule has 3 aromatic rings. The maximum atomic E-state index is 6.93. The molecule has 1 aromatic carbocycles. The summed E-state index contributed by atoms with van der Waals surface area (Å²) in [4.78, 5) is 12.9. The predicted molar refractivity (Wildman–Crippen MR) is 88.1 cm³/mol. The van der Waals surface area contributed by atoms with Gasteiger partial charge in [0.05, 0.1) is 18.6 Å². The molecule has 0 bridgehead atoms. The Hall–Kier alpha value is -3.21. The second-order valence-corrected chi connectivity index (χ2v) is 5.70. The van der Waals surface area contributed by atoms with Crippen molar-refractivity contribution in [1.82, 2.24) is 30.2 Å². The van der Waals surface area contributed by atoms with Gasteiger partial charge in [0.1, 0.15) is 6.54 Å². The maximum absolute atomic E-state index is 6.93. The number of benzene rings is 1. The zero-order valence-corrected chi connectivity index (χ0v) is 13.1. The Morgan fingerprint density at radius 3 is 3.12 bits per heavy atom. The van der Waals surface area contributed by atoms with E-state index in [1.165, 1.54) is 11.3 Å². The molecule has 24 heavy (non-hydrogen) atoms. The molecule has 0 atom stereocenters. The number of imidazole rings is 1. The van der Waals surface area contributed by atoms with E-state index in [9.17, 15) is 0 Å². The highest BCUT2D eigenvalue weighted by Crippen LogP contribution is 2.32. The Balaban J connectivity index is 1.64. The Morgan fingerprint density at radius 1 is 1.33 bits per heavy atom. The molecular formula is C16H16N8. The molecule has 120 valence electrons. The van der Waals surface area contributed by atoms with Crippen molar-refractivity contribution in [3.05, 3.63) is 53.4 Å². The second-order valence-electron chi connectivity index (χ2n) is 5.70. The minimum absolute atomic E-state index is 0.370. The molecule has 2 aromatic heterocycles. The lowest BCUT2D eigenvalue weighted by atomic mass is 10.1. The molecule has 3 heterocycles. The number of hydrogen-bond acceptors (Lipinski definition) is 5. The number of nitrogens with one attached hydrogen (secondary N) is 1. The van der Waals surface area contributed by atoms with Crippen molar-refractivity contribution in [3.63, 3.8) is 0 Å². The third-order valence-electron chi connectivity index (χ3n) is 4.21. The van der Waals surface area contributed by atoms with E-state index in [4.69, 9.17) is 6.57 Å². The fraction of sp³-hybridized carbons (Fsp3) is 0.312. The van der Waals surface area contributed by atoms with Crippen molar-refractivity contribution in [2.24, 2.45) is 0 Å². The van der Waals surface area contributed by atoms with E-state index in [0.29, 0.717) is 18.9 Å². The molecule has 0 saturated carbocycles. The summed E-state index contributed by atoms with van der Waals surface area (Å²) in [5, 5.41) is 11.9. The molecule has 1 N–H and O–H groups in total. The first-order valence-corrected chi connectivity index (χ1v) is 7.80. The highest BCUT2D eigenvalue weighted by Gasteiger charge is 2.21. The number of nitrogens with zero attached hydrogens (tertiary/aromatic N) is 7.